The molecule has 2 rings (SSSR count). The summed E-state index contributed by atoms with van der Waals surface area (Å²) in [7, 11) is 0. The van der Waals surface area contributed by atoms with E-state index >= 15 is 0 Å². The van der Waals surface area contributed by atoms with Crippen LogP contribution >= 0.6 is 0 Å². The van der Waals surface area contributed by atoms with Crippen molar-refractivity contribution in [2.75, 3.05) is 0 Å². The lowest BCUT2D eigenvalue weighted by Crippen LogP contribution is -2.16. The second-order valence-corrected chi connectivity index (χ2v) is 4.32. The van der Waals surface area contributed by atoms with Crippen LogP contribution in [-0.2, 0) is 4.79 Å². The molecule has 1 aliphatic carbocycles. The highest BCUT2D eigenvalue weighted by Crippen LogP contribution is 2.33. The minimum absolute atomic E-state index is 0.173. The van der Waals surface area contributed by atoms with E-state index < -0.39 is 6.10 Å². The first-order valence-electron chi connectivity index (χ1n) is 5.46. The number of hydrogen-bond donors (Lipinski definition) is 1. The van der Waals surface area contributed by atoms with Crippen LogP contribution in [0, 0.1) is 12.8 Å². The van der Waals surface area contributed by atoms with Crippen molar-refractivity contribution in [2.45, 2.75) is 32.3 Å². The fourth-order valence-electron chi connectivity index (χ4n) is 2.17. The average Bonchev–Trinajstić information content (AvgIpc) is 2.65. The van der Waals surface area contributed by atoms with Crippen molar-refractivity contribution >= 4 is 5.78 Å². The first kappa shape index (κ1) is 10.4. The van der Waals surface area contributed by atoms with Crippen molar-refractivity contribution in [1.82, 2.24) is 0 Å². The predicted octanol–water partition coefficient (Wildman–Crippen LogP) is 2.40. The third-order valence-corrected chi connectivity index (χ3v) is 3.15. The van der Waals surface area contributed by atoms with E-state index in [1.54, 1.807) is 0 Å². The molecule has 15 heavy (non-hydrogen) atoms. The summed E-state index contributed by atoms with van der Waals surface area (Å²) in [6.07, 6.45) is 1.77. The molecule has 1 aliphatic rings. The Morgan fingerprint density at radius 3 is 2.53 bits per heavy atom. The zero-order valence-electron chi connectivity index (χ0n) is 8.94. The van der Waals surface area contributed by atoms with E-state index in [0.717, 1.165) is 18.4 Å². The third kappa shape index (κ3) is 2.10. The number of benzene rings is 1. The van der Waals surface area contributed by atoms with Crippen molar-refractivity contribution in [2.24, 2.45) is 5.92 Å². The molecular weight excluding hydrogens is 188 g/mol. The van der Waals surface area contributed by atoms with Gasteiger partial charge in [-0.3, -0.25) is 4.79 Å². The van der Waals surface area contributed by atoms with Crippen LogP contribution in [0.5, 0.6) is 0 Å². The molecule has 0 aliphatic heterocycles. The summed E-state index contributed by atoms with van der Waals surface area (Å²) in [5, 5.41) is 10.1. The molecule has 1 N–H and O–H groups in total. The lowest BCUT2D eigenvalue weighted by atomic mass is 9.93. The maximum absolute atomic E-state index is 11.5. The number of Topliss-reactive ketones (excluding diaryl/α,β-unsaturated/α-hetero) is 1. The van der Waals surface area contributed by atoms with E-state index in [0.29, 0.717) is 6.42 Å². The van der Waals surface area contributed by atoms with Gasteiger partial charge in [0, 0.05) is 12.3 Å². The van der Waals surface area contributed by atoms with E-state index in [1.165, 1.54) is 5.56 Å². The molecule has 80 valence electrons. The monoisotopic (exact) mass is 204 g/mol. The van der Waals surface area contributed by atoms with Gasteiger partial charge < -0.3 is 5.11 Å². The van der Waals surface area contributed by atoms with Crippen LogP contribution in [0.15, 0.2) is 24.3 Å². The molecule has 0 radical (unpaired) electrons. The van der Waals surface area contributed by atoms with Gasteiger partial charge in [-0.2, -0.15) is 0 Å². The summed E-state index contributed by atoms with van der Waals surface area (Å²) >= 11 is 0. The third-order valence-electron chi connectivity index (χ3n) is 3.15. The number of carbonyl (C=O) groups is 1. The van der Waals surface area contributed by atoms with Crippen LogP contribution in [0.4, 0.5) is 0 Å². The van der Waals surface area contributed by atoms with Crippen molar-refractivity contribution in [3.63, 3.8) is 0 Å². The zero-order valence-corrected chi connectivity index (χ0v) is 8.94. The van der Waals surface area contributed by atoms with Crippen LogP contribution in [-0.4, -0.2) is 10.9 Å². The molecular formula is C13H16O2. The number of rotatable bonds is 2. The molecule has 1 aromatic carbocycles. The lowest BCUT2D eigenvalue weighted by Gasteiger charge is -2.16. The minimum Gasteiger partial charge on any atom is -0.388 e. The Hall–Kier alpha value is -1.15. The molecule has 1 fully saturated rings. The zero-order chi connectivity index (χ0) is 10.8. The van der Waals surface area contributed by atoms with Crippen LogP contribution in [0.25, 0.3) is 0 Å². The van der Waals surface area contributed by atoms with Crippen molar-refractivity contribution < 1.29 is 9.90 Å². The molecule has 0 amide bonds. The van der Waals surface area contributed by atoms with E-state index in [4.69, 9.17) is 0 Å². The molecule has 2 atom stereocenters. The first-order chi connectivity index (χ1) is 7.18. The number of hydrogen-bond acceptors (Lipinski definition) is 2. The molecule has 0 unspecified atom stereocenters. The largest absolute Gasteiger partial charge is 0.388 e. The average molecular weight is 204 g/mol. The van der Waals surface area contributed by atoms with E-state index in [1.807, 2.05) is 31.2 Å². The number of aryl methyl sites for hydroxylation is 1. The quantitative estimate of drug-likeness (QED) is 0.803. The standard InChI is InChI=1S/C13H16O2/c1-9-5-7-10(8-6-9)13(15)11-3-2-4-12(11)14/h5-8,11,13,15H,2-4H2,1H3/t11-,13-/m0/s1. The van der Waals surface area contributed by atoms with Crippen LogP contribution < -0.4 is 0 Å². The number of aliphatic hydroxyl groups is 1. The Kier molecular flexibility index (Phi) is 2.87. The molecule has 0 heterocycles. The van der Waals surface area contributed by atoms with Gasteiger partial charge in [0.1, 0.15) is 5.78 Å². The van der Waals surface area contributed by atoms with Gasteiger partial charge in [0.15, 0.2) is 0 Å². The molecule has 0 bridgehead atoms. The Balaban J connectivity index is 2.16. The molecule has 0 saturated heterocycles. The Labute approximate surface area is 89.9 Å². The van der Waals surface area contributed by atoms with E-state index in [-0.39, 0.29) is 11.7 Å². The smallest absolute Gasteiger partial charge is 0.138 e. The topological polar surface area (TPSA) is 37.3 Å². The summed E-state index contributed by atoms with van der Waals surface area (Å²) in [5.74, 6) is 0.0378. The molecule has 0 spiro atoms. The minimum atomic E-state index is -0.611. The maximum Gasteiger partial charge on any atom is 0.138 e. The van der Waals surface area contributed by atoms with Gasteiger partial charge in [-0.25, -0.2) is 0 Å². The SMILES string of the molecule is Cc1ccc([C@H](O)[C@H]2CCCC2=O)cc1. The Morgan fingerprint density at radius 2 is 2.00 bits per heavy atom. The fourth-order valence-corrected chi connectivity index (χ4v) is 2.17. The summed E-state index contributed by atoms with van der Waals surface area (Å²) in [4.78, 5) is 11.5. The predicted molar refractivity (Wildman–Crippen MR) is 58.5 cm³/mol. The highest BCUT2D eigenvalue weighted by molar-refractivity contribution is 5.83. The highest BCUT2D eigenvalue weighted by Gasteiger charge is 2.31. The number of aliphatic hydroxyl groups excluding tert-OH is 1. The van der Waals surface area contributed by atoms with E-state index in [2.05, 4.69) is 0 Å². The number of ketones is 1. The van der Waals surface area contributed by atoms with Crippen LogP contribution in [0.1, 0.15) is 36.5 Å². The summed E-state index contributed by atoms with van der Waals surface area (Å²) < 4.78 is 0. The van der Waals surface area contributed by atoms with E-state index in [9.17, 15) is 9.90 Å². The van der Waals surface area contributed by atoms with Crippen molar-refractivity contribution in [1.29, 1.82) is 0 Å². The van der Waals surface area contributed by atoms with Gasteiger partial charge in [-0.15, -0.1) is 0 Å². The molecule has 1 aromatic rings. The van der Waals surface area contributed by atoms with Gasteiger partial charge in [0.25, 0.3) is 0 Å². The van der Waals surface area contributed by atoms with Crippen molar-refractivity contribution in [3.05, 3.63) is 35.4 Å². The van der Waals surface area contributed by atoms with Gasteiger partial charge in [-0.1, -0.05) is 29.8 Å². The molecule has 2 heteroatoms. The van der Waals surface area contributed by atoms with Gasteiger partial charge in [0.05, 0.1) is 6.10 Å². The van der Waals surface area contributed by atoms with Crippen molar-refractivity contribution in [3.8, 4) is 0 Å². The lowest BCUT2D eigenvalue weighted by molar-refractivity contribution is -0.123. The van der Waals surface area contributed by atoms with Gasteiger partial charge in [-0.05, 0) is 25.3 Å². The van der Waals surface area contributed by atoms with Crippen LogP contribution in [0.3, 0.4) is 0 Å². The summed E-state index contributed by atoms with van der Waals surface area (Å²) in [6.45, 7) is 2.01. The highest BCUT2D eigenvalue weighted by atomic mass is 16.3. The van der Waals surface area contributed by atoms with Gasteiger partial charge in [0.2, 0.25) is 0 Å². The van der Waals surface area contributed by atoms with Gasteiger partial charge >= 0.3 is 0 Å². The Morgan fingerprint density at radius 1 is 1.33 bits per heavy atom. The number of carbonyl (C=O) groups excluding carboxylic acids is 1. The fraction of sp³-hybridized carbons (Fsp3) is 0.462. The molecule has 2 nitrogen and oxygen atoms in total. The van der Waals surface area contributed by atoms with Crippen LogP contribution in [0.2, 0.25) is 0 Å². The molecule has 0 aromatic heterocycles. The summed E-state index contributed by atoms with van der Waals surface area (Å²) in [6, 6.07) is 7.76. The normalized spacial score (nSPS) is 23.1. The maximum atomic E-state index is 11.5. The second-order valence-electron chi connectivity index (χ2n) is 4.32. The second kappa shape index (κ2) is 4.15. The summed E-state index contributed by atoms with van der Waals surface area (Å²) in [5.41, 5.74) is 2.03. The molecule has 1 saturated carbocycles. The first-order valence-corrected chi connectivity index (χ1v) is 5.46. The Bertz CT molecular complexity index is 353.